The highest BCUT2D eigenvalue weighted by Gasteiger charge is 2.10. The average Bonchev–Trinajstić information content (AvgIpc) is 2.78. The molecule has 1 atom stereocenters. The van der Waals surface area contributed by atoms with Gasteiger partial charge in [0.1, 0.15) is 11.3 Å². The van der Waals surface area contributed by atoms with Crippen molar-refractivity contribution < 1.29 is 4.42 Å². The third-order valence-corrected chi connectivity index (χ3v) is 3.54. The lowest BCUT2D eigenvalue weighted by molar-refractivity contribution is 0.452. The minimum atomic E-state index is 0.282. The molecular formula is C14H19NOS. The number of benzene rings is 1. The Morgan fingerprint density at radius 2 is 2.18 bits per heavy atom. The van der Waals surface area contributed by atoms with Gasteiger partial charge in [0, 0.05) is 5.39 Å². The monoisotopic (exact) mass is 249 g/mol. The molecule has 2 nitrogen and oxygen atoms in total. The summed E-state index contributed by atoms with van der Waals surface area (Å²) in [6.07, 6.45) is 3.34. The zero-order valence-corrected chi connectivity index (χ0v) is 11.2. The van der Waals surface area contributed by atoms with Crippen molar-refractivity contribution in [3.05, 3.63) is 36.1 Å². The molecule has 1 N–H and O–H groups in total. The van der Waals surface area contributed by atoms with Gasteiger partial charge >= 0.3 is 0 Å². The lowest BCUT2D eigenvalue weighted by Crippen LogP contribution is -2.19. The highest BCUT2D eigenvalue weighted by atomic mass is 32.2. The van der Waals surface area contributed by atoms with Crippen LogP contribution in [0.1, 0.15) is 25.1 Å². The Labute approximate surface area is 107 Å². The van der Waals surface area contributed by atoms with Crippen molar-refractivity contribution in [1.82, 2.24) is 5.32 Å². The molecule has 0 aliphatic heterocycles. The molecule has 1 unspecified atom stereocenters. The van der Waals surface area contributed by atoms with Crippen molar-refractivity contribution in [2.75, 3.05) is 18.6 Å². The van der Waals surface area contributed by atoms with Crippen molar-refractivity contribution in [3.8, 4) is 0 Å². The molecule has 1 aromatic carbocycles. The Hall–Kier alpha value is -0.930. The van der Waals surface area contributed by atoms with Crippen molar-refractivity contribution in [1.29, 1.82) is 0 Å². The molecule has 0 aliphatic carbocycles. The van der Waals surface area contributed by atoms with Gasteiger partial charge in [-0.25, -0.2) is 0 Å². The Kier molecular flexibility index (Phi) is 4.51. The average molecular weight is 249 g/mol. The summed E-state index contributed by atoms with van der Waals surface area (Å²) in [5.41, 5.74) is 0.972. The van der Waals surface area contributed by atoms with E-state index < -0.39 is 0 Å². The second-order valence-corrected chi connectivity index (χ2v) is 5.19. The van der Waals surface area contributed by atoms with Crippen LogP contribution in [0.4, 0.5) is 0 Å². The highest BCUT2D eigenvalue weighted by Crippen LogP contribution is 2.23. The number of rotatable bonds is 6. The second kappa shape index (κ2) is 6.12. The van der Waals surface area contributed by atoms with Gasteiger partial charge in [0.05, 0.1) is 6.04 Å². The van der Waals surface area contributed by atoms with E-state index in [1.54, 1.807) is 0 Å². The zero-order valence-electron chi connectivity index (χ0n) is 10.4. The lowest BCUT2D eigenvalue weighted by Gasteiger charge is -2.10. The van der Waals surface area contributed by atoms with Crippen LogP contribution in [0.5, 0.6) is 0 Å². The Morgan fingerprint density at radius 3 is 2.94 bits per heavy atom. The molecule has 92 valence electrons. The fourth-order valence-electron chi connectivity index (χ4n) is 1.85. The molecular weight excluding hydrogens is 230 g/mol. The van der Waals surface area contributed by atoms with Crippen LogP contribution < -0.4 is 5.32 Å². The molecule has 0 saturated carbocycles. The smallest absolute Gasteiger partial charge is 0.134 e. The van der Waals surface area contributed by atoms with Crippen molar-refractivity contribution in [2.24, 2.45) is 0 Å². The van der Waals surface area contributed by atoms with Gasteiger partial charge in [0.25, 0.3) is 0 Å². The Bertz CT molecular complexity index is 433. The van der Waals surface area contributed by atoms with Gasteiger partial charge in [-0.05, 0) is 44.0 Å². The van der Waals surface area contributed by atoms with Crippen LogP contribution >= 0.6 is 11.8 Å². The minimum absolute atomic E-state index is 0.282. The van der Waals surface area contributed by atoms with Gasteiger partial charge in [-0.15, -0.1) is 0 Å². The number of nitrogens with one attached hydrogen (secondary N) is 1. The van der Waals surface area contributed by atoms with E-state index in [4.69, 9.17) is 4.42 Å². The van der Waals surface area contributed by atoms with E-state index in [9.17, 15) is 0 Å². The molecule has 0 bridgehead atoms. The molecule has 0 radical (unpaired) electrons. The van der Waals surface area contributed by atoms with Gasteiger partial charge in [-0.1, -0.05) is 18.2 Å². The van der Waals surface area contributed by atoms with Crippen LogP contribution in [0.25, 0.3) is 11.0 Å². The topological polar surface area (TPSA) is 25.2 Å². The first-order valence-electron chi connectivity index (χ1n) is 6.02. The maximum atomic E-state index is 5.82. The fraction of sp³-hybridized carbons (Fsp3) is 0.429. The molecule has 0 spiro atoms. The summed E-state index contributed by atoms with van der Waals surface area (Å²) >= 11 is 1.89. The molecule has 0 amide bonds. The van der Waals surface area contributed by atoms with Gasteiger partial charge in [-0.3, -0.25) is 0 Å². The number of hydrogen-bond donors (Lipinski definition) is 1. The van der Waals surface area contributed by atoms with E-state index in [0.29, 0.717) is 0 Å². The van der Waals surface area contributed by atoms with Gasteiger partial charge in [0.15, 0.2) is 0 Å². The summed E-state index contributed by atoms with van der Waals surface area (Å²) in [6, 6.07) is 10.6. The molecule has 2 aromatic rings. The van der Waals surface area contributed by atoms with Crippen molar-refractivity contribution in [3.63, 3.8) is 0 Å². The van der Waals surface area contributed by atoms with Crippen LogP contribution in [0.15, 0.2) is 34.7 Å². The highest BCUT2D eigenvalue weighted by molar-refractivity contribution is 7.98. The summed E-state index contributed by atoms with van der Waals surface area (Å²) in [4.78, 5) is 0. The summed E-state index contributed by atoms with van der Waals surface area (Å²) in [6.45, 7) is 3.19. The predicted octanol–water partition coefficient (Wildman–Crippen LogP) is 3.84. The molecule has 0 aliphatic rings. The van der Waals surface area contributed by atoms with Crippen LogP contribution in [0, 0.1) is 0 Å². The van der Waals surface area contributed by atoms with E-state index in [-0.39, 0.29) is 6.04 Å². The largest absolute Gasteiger partial charge is 0.459 e. The first-order chi connectivity index (χ1) is 8.31. The molecule has 17 heavy (non-hydrogen) atoms. The molecule has 1 aromatic heterocycles. The quantitative estimate of drug-likeness (QED) is 0.787. The molecule has 3 heteroatoms. The standard InChI is InChI=1S/C14H19NOS/c1-11(15-8-5-9-17-2)14-10-12-6-3-4-7-13(12)16-14/h3-4,6-7,10-11,15H,5,8-9H2,1-2H3. The molecule has 0 saturated heterocycles. The third kappa shape index (κ3) is 3.27. The summed E-state index contributed by atoms with van der Waals surface area (Å²) in [5.74, 6) is 2.23. The number of para-hydroxylation sites is 1. The SMILES string of the molecule is CSCCCNC(C)c1cc2ccccc2o1. The minimum Gasteiger partial charge on any atom is -0.459 e. The van der Waals surface area contributed by atoms with E-state index in [0.717, 1.165) is 17.9 Å². The summed E-state index contributed by atoms with van der Waals surface area (Å²) in [7, 11) is 0. The first kappa shape index (κ1) is 12.5. The zero-order chi connectivity index (χ0) is 12.1. The third-order valence-electron chi connectivity index (χ3n) is 2.85. The Balaban J connectivity index is 1.96. The van der Waals surface area contributed by atoms with Crippen LogP contribution in [0.2, 0.25) is 0 Å². The van der Waals surface area contributed by atoms with Crippen LogP contribution in [-0.4, -0.2) is 18.6 Å². The van der Waals surface area contributed by atoms with E-state index in [2.05, 4.69) is 30.6 Å². The fourth-order valence-corrected chi connectivity index (χ4v) is 2.28. The summed E-state index contributed by atoms with van der Waals surface area (Å²) < 4.78 is 5.82. The van der Waals surface area contributed by atoms with Gasteiger partial charge < -0.3 is 9.73 Å². The molecule has 1 heterocycles. The molecule has 0 fully saturated rings. The van der Waals surface area contributed by atoms with Crippen molar-refractivity contribution >= 4 is 22.7 Å². The summed E-state index contributed by atoms with van der Waals surface area (Å²) in [5, 5.41) is 4.67. The van der Waals surface area contributed by atoms with Gasteiger partial charge in [-0.2, -0.15) is 11.8 Å². The van der Waals surface area contributed by atoms with E-state index >= 15 is 0 Å². The van der Waals surface area contributed by atoms with Gasteiger partial charge in [0.2, 0.25) is 0 Å². The lowest BCUT2D eigenvalue weighted by atomic mass is 10.2. The van der Waals surface area contributed by atoms with Crippen molar-refractivity contribution in [2.45, 2.75) is 19.4 Å². The van der Waals surface area contributed by atoms with Crippen LogP contribution in [-0.2, 0) is 0 Å². The predicted molar refractivity (Wildman–Crippen MR) is 75.6 cm³/mol. The number of fused-ring (bicyclic) bond motifs is 1. The first-order valence-corrected chi connectivity index (χ1v) is 7.41. The Morgan fingerprint density at radius 1 is 1.35 bits per heavy atom. The maximum absolute atomic E-state index is 5.82. The molecule has 2 rings (SSSR count). The normalized spacial score (nSPS) is 13.1. The second-order valence-electron chi connectivity index (χ2n) is 4.21. The number of hydrogen-bond acceptors (Lipinski definition) is 3. The van der Waals surface area contributed by atoms with E-state index in [1.807, 2.05) is 30.0 Å². The van der Waals surface area contributed by atoms with Crippen LogP contribution in [0.3, 0.4) is 0 Å². The van der Waals surface area contributed by atoms with E-state index in [1.165, 1.54) is 17.6 Å². The maximum Gasteiger partial charge on any atom is 0.134 e. The number of furan rings is 1. The number of thioether (sulfide) groups is 1.